The van der Waals surface area contributed by atoms with Crippen molar-refractivity contribution in [1.82, 2.24) is 19.4 Å². The van der Waals surface area contributed by atoms with E-state index < -0.39 is 0 Å². The van der Waals surface area contributed by atoms with Crippen molar-refractivity contribution in [3.8, 4) is 0 Å². The maximum absolute atomic E-state index is 13.1. The van der Waals surface area contributed by atoms with Crippen molar-refractivity contribution in [1.29, 1.82) is 0 Å². The molecule has 0 atom stereocenters. The lowest BCUT2D eigenvalue weighted by Crippen LogP contribution is -2.49. The molecule has 3 amide bonds. The molecule has 2 aromatic heterocycles. The Morgan fingerprint density at radius 2 is 1.93 bits per heavy atom. The van der Waals surface area contributed by atoms with Gasteiger partial charge in [0, 0.05) is 37.6 Å². The van der Waals surface area contributed by atoms with E-state index in [-0.39, 0.29) is 39.8 Å². The summed E-state index contributed by atoms with van der Waals surface area (Å²) in [6.45, 7) is 5.20. The van der Waals surface area contributed by atoms with Crippen LogP contribution in [0, 0.1) is 6.92 Å². The second-order valence-electron chi connectivity index (χ2n) is 7.32. The first-order valence-corrected chi connectivity index (χ1v) is 10.7. The zero-order valence-corrected chi connectivity index (χ0v) is 17.2. The van der Waals surface area contributed by atoms with E-state index in [1.54, 1.807) is 23.2 Å². The molecule has 4 rings (SSSR count). The quantitative estimate of drug-likeness (QED) is 0.763. The summed E-state index contributed by atoms with van der Waals surface area (Å²) in [4.78, 5) is 57.3. The van der Waals surface area contributed by atoms with Crippen molar-refractivity contribution in [2.75, 3.05) is 18.8 Å². The van der Waals surface area contributed by atoms with Crippen LogP contribution in [0.15, 0.2) is 23.1 Å². The fourth-order valence-electron chi connectivity index (χ4n) is 3.97. The average Bonchev–Trinajstić information content (AvgIpc) is 3.06. The van der Waals surface area contributed by atoms with Gasteiger partial charge in [-0.25, -0.2) is 4.98 Å². The molecule has 152 valence electrons. The first-order valence-electron chi connectivity index (χ1n) is 9.69. The molecular formula is C20H22N4O4S. The Morgan fingerprint density at radius 1 is 1.21 bits per heavy atom. The largest absolute Gasteiger partial charge is 0.338 e. The molecule has 0 radical (unpaired) electrons. The molecule has 0 aromatic carbocycles. The Balaban J connectivity index is 1.58. The van der Waals surface area contributed by atoms with E-state index in [9.17, 15) is 19.2 Å². The summed E-state index contributed by atoms with van der Waals surface area (Å²) in [6.07, 6.45) is 2.65. The van der Waals surface area contributed by atoms with Crippen molar-refractivity contribution < 1.29 is 14.4 Å². The van der Waals surface area contributed by atoms with Crippen molar-refractivity contribution in [2.45, 2.75) is 39.3 Å². The zero-order chi connectivity index (χ0) is 20.7. The smallest absolute Gasteiger partial charge is 0.289 e. The summed E-state index contributed by atoms with van der Waals surface area (Å²) in [5.74, 6) is -0.279. The number of likely N-dealkylation sites (tertiary alicyclic amines) is 1. The summed E-state index contributed by atoms with van der Waals surface area (Å²) in [5, 5.41) is 0.228. The standard InChI is InChI=1S/C20H22N4O4S/c1-3-22-10-15(17(26)14-5-4-12(2)21-18(14)22)19(27)23-8-6-13(7-9-23)24-16(25)11-29-20(24)28/h4-5,10,13H,3,6-9,11H2,1-2H3. The lowest BCUT2D eigenvalue weighted by atomic mass is 10.0. The molecule has 2 aliphatic heterocycles. The monoisotopic (exact) mass is 414 g/mol. The number of hydrogen-bond acceptors (Lipinski definition) is 6. The number of aryl methyl sites for hydroxylation is 2. The molecule has 0 N–H and O–H groups in total. The van der Waals surface area contributed by atoms with Crippen LogP contribution in [0.1, 0.15) is 35.8 Å². The highest BCUT2D eigenvalue weighted by Crippen LogP contribution is 2.27. The summed E-state index contributed by atoms with van der Waals surface area (Å²) in [7, 11) is 0. The number of hydrogen-bond donors (Lipinski definition) is 0. The number of fused-ring (bicyclic) bond motifs is 1. The number of piperidine rings is 1. The predicted molar refractivity (Wildman–Crippen MR) is 110 cm³/mol. The fourth-order valence-corrected chi connectivity index (χ4v) is 4.74. The van der Waals surface area contributed by atoms with Crippen LogP contribution in [0.4, 0.5) is 4.79 Å². The Kier molecular flexibility index (Phi) is 5.16. The molecule has 0 bridgehead atoms. The van der Waals surface area contributed by atoms with Gasteiger partial charge in [-0.3, -0.25) is 24.1 Å². The SMILES string of the molecule is CCn1cc(C(=O)N2CCC(N3C(=O)CSC3=O)CC2)c(=O)c2ccc(C)nc21. The van der Waals surface area contributed by atoms with Crippen LogP contribution in [-0.2, 0) is 11.3 Å². The van der Waals surface area contributed by atoms with E-state index in [1.165, 1.54) is 4.90 Å². The lowest BCUT2D eigenvalue weighted by Gasteiger charge is -2.35. The number of amides is 3. The van der Waals surface area contributed by atoms with Gasteiger partial charge in [0.15, 0.2) is 0 Å². The first-order chi connectivity index (χ1) is 13.9. The molecule has 2 aliphatic rings. The van der Waals surface area contributed by atoms with Crippen LogP contribution in [-0.4, -0.2) is 61.3 Å². The normalized spacial score (nSPS) is 18.1. The highest BCUT2D eigenvalue weighted by Gasteiger charge is 2.38. The topological polar surface area (TPSA) is 92.6 Å². The second kappa shape index (κ2) is 7.62. The maximum atomic E-state index is 13.1. The van der Waals surface area contributed by atoms with Crippen LogP contribution in [0.2, 0.25) is 0 Å². The molecule has 4 heterocycles. The van der Waals surface area contributed by atoms with Crippen LogP contribution in [0.25, 0.3) is 11.0 Å². The van der Waals surface area contributed by atoms with Crippen molar-refractivity contribution in [2.24, 2.45) is 0 Å². The number of imide groups is 1. The van der Waals surface area contributed by atoms with E-state index in [4.69, 9.17) is 0 Å². The molecule has 8 nitrogen and oxygen atoms in total. The van der Waals surface area contributed by atoms with Gasteiger partial charge in [0.25, 0.3) is 11.1 Å². The molecule has 9 heteroatoms. The molecule has 0 saturated carbocycles. The van der Waals surface area contributed by atoms with E-state index in [0.717, 1.165) is 17.5 Å². The molecule has 0 aliphatic carbocycles. The van der Waals surface area contributed by atoms with Crippen molar-refractivity contribution >= 4 is 39.8 Å². The molecule has 2 saturated heterocycles. The number of nitrogens with zero attached hydrogens (tertiary/aromatic N) is 4. The second-order valence-corrected chi connectivity index (χ2v) is 8.25. The predicted octanol–water partition coefficient (Wildman–Crippen LogP) is 2.02. The maximum Gasteiger partial charge on any atom is 0.289 e. The molecule has 2 fully saturated rings. The van der Waals surface area contributed by atoms with Gasteiger partial charge < -0.3 is 9.47 Å². The van der Waals surface area contributed by atoms with Gasteiger partial charge in [0.2, 0.25) is 11.3 Å². The fraction of sp³-hybridized carbons (Fsp3) is 0.450. The number of pyridine rings is 2. The average molecular weight is 414 g/mol. The lowest BCUT2D eigenvalue weighted by molar-refractivity contribution is -0.126. The van der Waals surface area contributed by atoms with Gasteiger partial charge in [-0.05, 0) is 38.8 Å². The Hall–Kier alpha value is -2.68. The van der Waals surface area contributed by atoms with Gasteiger partial charge in [0.1, 0.15) is 11.2 Å². The van der Waals surface area contributed by atoms with Crippen molar-refractivity contribution in [3.05, 3.63) is 39.8 Å². The van der Waals surface area contributed by atoms with Gasteiger partial charge >= 0.3 is 0 Å². The molecule has 29 heavy (non-hydrogen) atoms. The van der Waals surface area contributed by atoms with E-state index in [0.29, 0.717) is 43.5 Å². The van der Waals surface area contributed by atoms with Gasteiger partial charge in [-0.1, -0.05) is 11.8 Å². The highest BCUT2D eigenvalue weighted by molar-refractivity contribution is 8.14. The summed E-state index contributed by atoms with van der Waals surface area (Å²) >= 11 is 1.03. The highest BCUT2D eigenvalue weighted by atomic mass is 32.2. The Morgan fingerprint density at radius 3 is 2.55 bits per heavy atom. The minimum atomic E-state index is -0.314. The Labute approximate surface area is 171 Å². The number of carbonyl (C=O) groups is 3. The van der Waals surface area contributed by atoms with E-state index in [2.05, 4.69) is 4.98 Å². The van der Waals surface area contributed by atoms with Crippen LogP contribution >= 0.6 is 11.8 Å². The van der Waals surface area contributed by atoms with Gasteiger partial charge in [-0.2, -0.15) is 0 Å². The first kappa shape index (κ1) is 19.6. The number of thioether (sulfide) groups is 1. The molecule has 0 unspecified atom stereocenters. The minimum Gasteiger partial charge on any atom is -0.338 e. The zero-order valence-electron chi connectivity index (χ0n) is 16.4. The molecular weight excluding hydrogens is 392 g/mol. The van der Waals surface area contributed by atoms with Crippen LogP contribution < -0.4 is 5.43 Å². The number of aromatic nitrogens is 2. The van der Waals surface area contributed by atoms with E-state index in [1.807, 2.05) is 18.4 Å². The Bertz CT molecular complexity index is 1060. The van der Waals surface area contributed by atoms with Crippen LogP contribution in [0.5, 0.6) is 0 Å². The molecule has 0 spiro atoms. The summed E-state index contributed by atoms with van der Waals surface area (Å²) in [5.41, 5.74) is 1.21. The number of carbonyl (C=O) groups excluding carboxylic acids is 3. The third-order valence-corrected chi connectivity index (χ3v) is 6.37. The third-order valence-electron chi connectivity index (χ3n) is 5.53. The van der Waals surface area contributed by atoms with Gasteiger partial charge in [-0.15, -0.1) is 0 Å². The van der Waals surface area contributed by atoms with E-state index >= 15 is 0 Å². The minimum absolute atomic E-state index is 0.132. The number of rotatable bonds is 3. The van der Waals surface area contributed by atoms with Crippen molar-refractivity contribution in [3.63, 3.8) is 0 Å². The third kappa shape index (κ3) is 3.43. The summed E-state index contributed by atoms with van der Waals surface area (Å²) < 4.78 is 1.82. The summed E-state index contributed by atoms with van der Waals surface area (Å²) in [6, 6.07) is 3.31. The van der Waals surface area contributed by atoms with Gasteiger partial charge in [0.05, 0.1) is 11.1 Å². The molecule has 2 aromatic rings. The van der Waals surface area contributed by atoms with Crippen LogP contribution in [0.3, 0.4) is 0 Å².